The van der Waals surface area contributed by atoms with Crippen LogP contribution in [0.3, 0.4) is 0 Å². The van der Waals surface area contributed by atoms with Crippen LogP contribution >= 0.6 is 12.2 Å². The maximum atomic E-state index is 12.0. The number of carbonyl (C=O) groups excluding carboxylic acids is 1. The van der Waals surface area contributed by atoms with Crippen LogP contribution in [0.1, 0.15) is 47.5 Å². The van der Waals surface area contributed by atoms with Gasteiger partial charge < -0.3 is 9.16 Å². The van der Waals surface area contributed by atoms with Crippen molar-refractivity contribution in [1.82, 2.24) is 9.55 Å². The van der Waals surface area contributed by atoms with Crippen molar-refractivity contribution in [2.24, 2.45) is 11.8 Å². The third kappa shape index (κ3) is 4.81. The molecule has 26 heavy (non-hydrogen) atoms. The van der Waals surface area contributed by atoms with Crippen molar-refractivity contribution in [2.45, 2.75) is 77.8 Å². The first-order valence-corrected chi connectivity index (χ1v) is 12.6. The molecule has 0 spiro atoms. The quantitative estimate of drug-likeness (QED) is 0.557. The van der Waals surface area contributed by atoms with E-state index in [2.05, 4.69) is 45.8 Å². The molecule has 1 aliphatic carbocycles. The molecule has 1 saturated carbocycles. The number of thiocarbonyl (C=S) groups is 1. The molecule has 1 aromatic heterocycles. The zero-order valence-corrected chi connectivity index (χ0v) is 18.8. The Morgan fingerprint density at radius 2 is 1.96 bits per heavy atom. The zero-order chi connectivity index (χ0) is 19.7. The first-order chi connectivity index (χ1) is 11.9. The second kappa shape index (κ2) is 7.90. The highest BCUT2D eigenvalue weighted by molar-refractivity contribution is 7.80. The molecule has 0 saturated heterocycles. The predicted molar refractivity (Wildman–Crippen MR) is 110 cm³/mol. The number of carbonyl (C=O) groups is 1. The fraction of sp³-hybridized carbons (Fsp3) is 0.737. The van der Waals surface area contributed by atoms with Crippen molar-refractivity contribution in [3.63, 3.8) is 0 Å². The monoisotopic (exact) mass is 396 g/mol. The van der Waals surface area contributed by atoms with Gasteiger partial charge in [-0.2, -0.15) is 0 Å². The van der Waals surface area contributed by atoms with Crippen molar-refractivity contribution in [3.8, 4) is 0 Å². The van der Waals surface area contributed by atoms with E-state index in [1.807, 2.05) is 0 Å². The molecule has 1 aromatic rings. The third-order valence-corrected chi connectivity index (χ3v) is 10.7. The van der Waals surface area contributed by atoms with E-state index in [0.29, 0.717) is 11.6 Å². The molecule has 0 N–H and O–H groups in total. The third-order valence-electron chi connectivity index (χ3n) is 5.88. The molecule has 0 radical (unpaired) electrons. The molecule has 7 heteroatoms. The minimum absolute atomic E-state index is 0.0291. The second-order valence-electron chi connectivity index (χ2n) is 8.99. The van der Waals surface area contributed by atoms with Crippen molar-refractivity contribution >= 4 is 31.5 Å². The Labute approximate surface area is 163 Å². The number of imidazole rings is 1. The Hall–Kier alpha value is -1.05. The Bertz CT molecular complexity index is 640. The van der Waals surface area contributed by atoms with E-state index < -0.39 is 8.32 Å². The van der Waals surface area contributed by atoms with Gasteiger partial charge in [0, 0.05) is 18.3 Å². The molecule has 2 rings (SSSR count). The van der Waals surface area contributed by atoms with Crippen molar-refractivity contribution in [3.05, 3.63) is 18.7 Å². The van der Waals surface area contributed by atoms with Crippen LogP contribution in [-0.2, 0) is 14.0 Å². The normalized spacial score (nSPS) is 27.2. The summed E-state index contributed by atoms with van der Waals surface area (Å²) in [5.41, 5.74) is 0. The molecule has 4 atom stereocenters. The molecule has 146 valence electrons. The van der Waals surface area contributed by atoms with E-state index in [1.165, 1.54) is 0 Å². The Morgan fingerprint density at radius 1 is 1.31 bits per heavy atom. The number of hydrogen-bond donors (Lipinski definition) is 0. The van der Waals surface area contributed by atoms with Crippen LogP contribution in [-0.4, -0.2) is 41.0 Å². The summed E-state index contributed by atoms with van der Waals surface area (Å²) in [5.74, 6) is 0.451. The topological polar surface area (TPSA) is 53.4 Å². The van der Waals surface area contributed by atoms with Crippen LogP contribution in [0.2, 0.25) is 18.1 Å². The van der Waals surface area contributed by atoms with E-state index in [0.717, 1.165) is 6.42 Å². The lowest BCUT2D eigenvalue weighted by Gasteiger charge is -2.46. The molecule has 1 aliphatic rings. The maximum absolute atomic E-state index is 12.0. The van der Waals surface area contributed by atoms with Crippen molar-refractivity contribution < 1.29 is 14.0 Å². The maximum Gasteiger partial charge on any atom is 0.269 e. The van der Waals surface area contributed by atoms with Crippen LogP contribution in [0.4, 0.5) is 0 Å². The van der Waals surface area contributed by atoms with E-state index in [4.69, 9.17) is 21.4 Å². The number of Topliss-reactive ketones (excluding diaryl/α,β-unsaturated/α-hetero) is 1. The second-order valence-corrected chi connectivity index (χ2v) is 14.1. The summed E-state index contributed by atoms with van der Waals surface area (Å²) >= 11 is 5.45. The van der Waals surface area contributed by atoms with Gasteiger partial charge in [-0.3, -0.25) is 9.36 Å². The lowest BCUT2D eigenvalue weighted by atomic mass is 9.77. The van der Waals surface area contributed by atoms with Gasteiger partial charge in [-0.1, -0.05) is 27.7 Å². The molecule has 0 aliphatic heterocycles. The summed E-state index contributed by atoms with van der Waals surface area (Å²) < 4.78 is 14.6. The highest BCUT2D eigenvalue weighted by Gasteiger charge is 2.46. The van der Waals surface area contributed by atoms with Crippen molar-refractivity contribution in [2.75, 3.05) is 0 Å². The van der Waals surface area contributed by atoms with E-state index in [9.17, 15) is 4.79 Å². The van der Waals surface area contributed by atoms with Crippen LogP contribution < -0.4 is 0 Å². The largest absolute Gasteiger partial charge is 0.464 e. The first kappa shape index (κ1) is 21.2. The number of ketones is 1. The van der Waals surface area contributed by atoms with Crippen molar-refractivity contribution in [1.29, 1.82) is 0 Å². The smallest absolute Gasteiger partial charge is 0.269 e. The molecule has 0 amide bonds. The summed E-state index contributed by atoms with van der Waals surface area (Å²) in [6, 6.07) is 0. The van der Waals surface area contributed by atoms with Gasteiger partial charge in [0.15, 0.2) is 8.32 Å². The van der Waals surface area contributed by atoms with E-state index in [-0.39, 0.29) is 34.9 Å². The lowest BCUT2D eigenvalue weighted by Crippen LogP contribution is -2.53. The number of nitrogens with zero attached hydrogens (tertiary/aromatic N) is 2. The van der Waals surface area contributed by atoms with Gasteiger partial charge in [0.25, 0.3) is 5.17 Å². The standard InChI is InChI=1S/C19H32N2O3SSi/c1-13-10-15(14(2)22)11-16(24-26(6,7)19(3,4)5)17(13)23-18(25)21-9-8-20-12-21/h8-9,12-13,15-17H,10-11H2,1-7H3. The van der Waals surface area contributed by atoms with E-state index >= 15 is 0 Å². The predicted octanol–water partition coefficient (Wildman–Crippen LogP) is 4.43. The van der Waals surface area contributed by atoms with Crippen LogP contribution in [0.25, 0.3) is 0 Å². The molecule has 0 bridgehead atoms. The zero-order valence-electron chi connectivity index (χ0n) is 17.0. The number of rotatable bonds is 4. The molecule has 4 unspecified atom stereocenters. The van der Waals surface area contributed by atoms with Gasteiger partial charge in [-0.15, -0.1) is 0 Å². The summed E-state index contributed by atoms with van der Waals surface area (Å²) in [6.07, 6.45) is 6.31. The van der Waals surface area contributed by atoms with Gasteiger partial charge in [-0.25, -0.2) is 4.98 Å². The van der Waals surface area contributed by atoms with Crippen LogP contribution in [0, 0.1) is 11.8 Å². The minimum atomic E-state index is -2.00. The van der Waals surface area contributed by atoms with Crippen LogP contribution in [0.15, 0.2) is 18.7 Å². The van der Waals surface area contributed by atoms with Gasteiger partial charge in [0.2, 0.25) is 0 Å². The van der Waals surface area contributed by atoms with Gasteiger partial charge >= 0.3 is 0 Å². The van der Waals surface area contributed by atoms with E-state index in [1.54, 1.807) is 30.2 Å². The number of aromatic nitrogens is 2. The highest BCUT2D eigenvalue weighted by Crippen LogP contribution is 2.41. The lowest BCUT2D eigenvalue weighted by molar-refractivity contribution is -0.126. The Balaban J connectivity index is 2.23. The molecular weight excluding hydrogens is 364 g/mol. The summed E-state index contributed by atoms with van der Waals surface area (Å²) in [5, 5.41) is 0.471. The average Bonchev–Trinajstić information content (AvgIpc) is 3.03. The molecular formula is C19H32N2O3SSi. The summed E-state index contributed by atoms with van der Waals surface area (Å²) in [6.45, 7) is 14.9. The number of ether oxygens (including phenoxy) is 1. The first-order valence-electron chi connectivity index (χ1n) is 9.29. The molecule has 1 fully saturated rings. The molecule has 5 nitrogen and oxygen atoms in total. The molecule has 1 heterocycles. The Kier molecular flexibility index (Phi) is 6.46. The summed E-state index contributed by atoms with van der Waals surface area (Å²) in [4.78, 5) is 16.1. The minimum Gasteiger partial charge on any atom is -0.464 e. The summed E-state index contributed by atoms with van der Waals surface area (Å²) in [7, 11) is -2.00. The molecule has 0 aromatic carbocycles. The van der Waals surface area contributed by atoms with Gasteiger partial charge in [-0.05, 0) is 56.0 Å². The fourth-order valence-corrected chi connectivity index (χ4v) is 4.76. The van der Waals surface area contributed by atoms with Gasteiger partial charge in [0.1, 0.15) is 18.2 Å². The number of hydrogen-bond acceptors (Lipinski definition) is 5. The van der Waals surface area contributed by atoms with Gasteiger partial charge in [0.05, 0.1) is 6.10 Å². The SMILES string of the molecule is CC(=O)C1CC(C)C(OC(=S)n2ccnc2)C(O[Si](C)(C)C(C)(C)C)C1. The average molecular weight is 397 g/mol. The Morgan fingerprint density at radius 3 is 2.46 bits per heavy atom. The fourth-order valence-electron chi connectivity index (χ4n) is 3.20. The van der Waals surface area contributed by atoms with Crippen LogP contribution in [0.5, 0.6) is 0 Å². The highest BCUT2D eigenvalue weighted by atomic mass is 32.1.